The molecule has 1 unspecified atom stereocenters. The average Bonchev–Trinajstić information content (AvgIpc) is 3.55. The zero-order chi connectivity index (χ0) is 26.9. The Labute approximate surface area is 217 Å². The number of aromatic nitrogens is 6. The first-order chi connectivity index (χ1) is 18.2. The molecule has 11 nitrogen and oxygen atoms in total. The molecule has 1 amide bonds. The molecule has 4 aromatic heterocycles. The second-order valence-electron chi connectivity index (χ2n) is 9.68. The van der Waals surface area contributed by atoms with Crippen LogP contribution in [0.25, 0.3) is 16.9 Å². The number of halogens is 2. The quantitative estimate of drug-likeness (QED) is 0.297. The fourth-order valence-electron chi connectivity index (χ4n) is 4.20. The van der Waals surface area contributed by atoms with Crippen molar-refractivity contribution >= 4 is 23.1 Å². The van der Waals surface area contributed by atoms with E-state index in [2.05, 4.69) is 35.7 Å². The fourth-order valence-corrected chi connectivity index (χ4v) is 4.20. The molecule has 0 radical (unpaired) electrons. The normalized spacial score (nSPS) is 16.6. The number of aliphatic hydroxyl groups is 1. The van der Waals surface area contributed by atoms with Crippen LogP contribution in [0.4, 0.5) is 20.3 Å². The summed E-state index contributed by atoms with van der Waals surface area (Å²) >= 11 is 0. The van der Waals surface area contributed by atoms with E-state index in [9.17, 15) is 18.7 Å². The largest absolute Gasteiger partial charge is 0.387 e. The van der Waals surface area contributed by atoms with Crippen LogP contribution >= 0.6 is 0 Å². The first-order valence-electron chi connectivity index (χ1n) is 12.1. The Kier molecular flexibility index (Phi) is 6.85. The lowest BCUT2D eigenvalue weighted by molar-refractivity contribution is -0.00177. The third-order valence-corrected chi connectivity index (χ3v) is 6.39. The van der Waals surface area contributed by atoms with Gasteiger partial charge in [0.05, 0.1) is 35.9 Å². The van der Waals surface area contributed by atoms with E-state index in [-0.39, 0.29) is 18.2 Å². The minimum atomic E-state index is -1.66. The highest BCUT2D eigenvalue weighted by atomic mass is 19.1. The second-order valence-corrected chi connectivity index (χ2v) is 9.68. The maximum absolute atomic E-state index is 14.3. The monoisotopic (exact) mass is 523 g/mol. The molecule has 13 heteroatoms. The summed E-state index contributed by atoms with van der Waals surface area (Å²) in [5.41, 5.74) is 1.16. The van der Waals surface area contributed by atoms with Gasteiger partial charge in [-0.05, 0) is 32.4 Å². The third kappa shape index (κ3) is 5.37. The fraction of sp³-hybridized carbons (Fsp3) is 0.360. The number of alkyl halides is 1. The van der Waals surface area contributed by atoms with Gasteiger partial charge in [-0.1, -0.05) is 0 Å². The Morgan fingerprint density at radius 2 is 2.03 bits per heavy atom. The smallest absolute Gasteiger partial charge is 0.308 e. The van der Waals surface area contributed by atoms with E-state index in [1.165, 1.54) is 32.4 Å². The molecular formula is C25H27F2N9O2. The van der Waals surface area contributed by atoms with Gasteiger partial charge < -0.3 is 20.6 Å². The first kappa shape index (κ1) is 25.4. The van der Waals surface area contributed by atoms with Gasteiger partial charge in [-0.3, -0.25) is 9.78 Å². The Bertz CT molecular complexity index is 1420. The van der Waals surface area contributed by atoms with Crippen molar-refractivity contribution in [2.24, 2.45) is 0 Å². The van der Waals surface area contributed by atoms with Gasteiger partial charge in [0, 0.05) is 49.4 Å². The van der Waals surface area contributed by atoms with Crippen molar-refractivity contribution in [1.82, 2.24) is 34.9 Å². The van der Waals surface area contributed by atoms with E-state index in [0.29, 0.717) is 42.4 Å². The van der Waals surface area contributed by atoms with Crippen molar-refractivity contribution in [2.45, 2.75) is 38.1 Å². The number of amides is 1. The molecule has 1 fully saturated rings. The summed E-state index contributed by atoms with van der Waals surface area (Å²) in [6.07, 6.45) is 5.87. The van der Waals surface area contributed by atoms with Crippen molar-refractivity contribution < 1.29 is 18.7 Å². The van der Waals surface area contributed by atoms with Gasteiger partial charge in [-0.15, -0.1) is 0 Å². The molecular weight excluding hydrogens is 496 g/mol. The van der Waals surface area contributed by atoms with Crippen LogP contribution in [0.3, 0.4) is 0 Å². The van der Waals surface area contributed by atoms with Crippen molar-refractivity contribution in [1.29, 1.82) is 0 Å². The van der Waals surface area contributed by atoms with Gasteiger partial charge in [0.2, 0.25) is 0 Å². The number of carbonyl (C=O) groups excluding carboxylic acids is 1. The molecule has 0 aliphatic carbocycles. The van der Waals surface area contributed by atoms with E-state index < -0.39 is 23.8 Å². The molecule has 1 aliphatic heterocycles. The SMILES string of the molecule is CC(C)(O)[C@H](F)CNC(=O)c1cnc2cc(-c3cccnc3)nn2c1NC1CCN(c2cnc(F)nc2)C1. The Balaban J connectivity index is 1.45. The summed E-state index contributed by atoms with van der Waals surface area (Å²) in [4.78, 5) is 31.0. The highest BCUT2D eigenvalue weighted by Crippen LogP contribution is 2.26. The van der Waals surface area contributed by atoms with Gasteiger partial charge in [-0.25, -0.2) is 19.3 Å². The molecule has 1 saturated heterocycles. The van der Waals surface area contributed by atoms with Crippen LogP contribution < -0.4 is 15.5 Å². The summed E-state index contributed by atoms with van der Waals surface area (Å²) in [7, 11) is 0. The van der Waals surface area contributed by atoms with E-state index in [4.69, 9.17) is 0 Å². The van der Waals surface area contributed by atoms with E-state index >= 15 is 0 Å². The number of fused-ring (bicyclic) bond motifs is 1. The molecule has 3 N–H and O–H groups in total. The lowest BCUT2D eigenvalue weighted by atomic mass is 10.0. The molecule has 5 heterocycles. The van der Waals surface area contributed by atoms with E-state index in [1.807, 2.05) is 11.0 Å². The van der Waals surface area contributed by atoms with Crippen molar-refractivity contribution in [3.05, 3.63) is 60.8 Å². The number of hydrogen-bond donors (Lipinski definition) is 3. The highest BCUT2D eigenvalue weighted by Gasteiger charge is 2.29. The number of carbonyl (C=O) groups is 1. The van der Waals surface area contributed by atoms with Gasteiger partial charge >= 0.3 is 6.08 Å². The number of pyridine rings is 1. The van der Waals surface area contributed by atoms with Crippen LogP contribution in [-0.2, 0) is 0 Å². The molecule has 0 bridgehead atoms. The van der Waals surface area contributed by atoms with Crippen molar-refractivity contribution in [2.75, 3.05) is 29.9 Å². The van der Waals surface area contributed by atoms with Crippen LogP contribution in [0.2, 0.25) is 0 Å². The Morgan fingerprint density at radius 3 is 2.74 bits per heavy atom. The average molecular weight is 524 g/mol. The maximum atomic E-state index is 14.3. The molecule has 5 rings (SSSR count). The van der Waals surface area contributed by atoms with E-state index in [0.717, 1.165) is 5.56 Å². The predicted molar refractivity (Wildman–Crippen MR) is 136 cm³/mol. The van der Waals surface area contributed by atoms with Gasteiger partial charge in [0.25, 0.3) is 5.91 Å². The van der Waals surface area contributed by atoms with Crippen LogP contribution in [0, 0.1) is 6.08 Å². The zero-order valence-corrected chi connectivity index (χ0v) is 20.8. The van der Waals surface area contributed by atoms with Crippen molar-refractivity contribution in [3.63, 3.8) is 0 Å². The van der Waals surface area contributed by atoms with Gasteiger partial charge in [-0.2, -0.15) is 14.0 Å². The molecule has 1 aliphatic rings. The molecule has 38 heavy (non-hydrogen) atoms. The number of rotatable bonds is 8. The minimum absolute atomic E-state index is 0.103. The maximum Gasteiger partial charge on any atom is 0.308 e. The zero-order valence-electron chi connectivity index (χ0n) is 20.8. The standard InChI is InChI=1S/C25H27F2N9O2/c1-25(2,38)20(26)13-30-23(37)18-12-29-21-8-19(15-4-3-6-28-9-15)34-36(21)22(18)33-16-5-7-35(14-16)17-10-31-24(27)32-11-17/h3-4,6,8-12,16,20,33,38H,5,7,13-14H2,1-2H3,(H,30,37)/t16?,20-/m1/s1. The van der Waals surface area contributed by atoms with Crippen LogP contribution in [-0.4, -0.2) is 78.0 Å². The molecule has 0 spiro atoms. The molecule has 198 valence electrons. The Morgan fingerprint density at radius 1 is 1.24 bits per heavy atom. The topological polar surface area (TPSA) is 133 Å². The second kappa shape index (κ2) is 10.2. The molecule has 0 saturated carbocycles. The number of nitrogens with one attached hydrogen (secondary N) is 2. The third-order valence-electron chi connectivity index (χ3n) is 6.39. The van der Waals surface area contributed by atoms with Crippen LogP contribution in [0.1, 0.15) is 30.6 Å². The number of hydrogen-bond acceptors (Lipinski definition) is 9. The summed E-state index contributed by atoms with van der Waals surface area (Å²) in [6.45, 7) is 3.51. The highest BCUT2D eigenvalue weighted by molar-refractivity contribution is 5.99. The van der Waals surface area contributed by atoms with Crippen LogP contribution in [0.5, 0.6) is 0 Å². The summed E-state index contributed by atoms with van der Waals surface area (Å²) < 4.78 is 29.0. The lowest BCUT2D eigenvalue weighted by Crippen LogP contribution is -2.42. The van der Waals surface area contributed by atoms with Gasteiger partial charge in [0.1, 0.15) is 17.6 Å². The minimum Gasteiger partial charge on any atom is -0.387 e. The predicted octanol–water partition coefficient (Wildman–Crippen LogP) is 2.25. The first-order valence-corrected chi connectivity index (χ1v) is 12.1. The van der Waals surface area contributed by atoms with Crippen molar-refractivity contribution in [3.8, 4) is 11.3 Å². The van der Waals surface area contributed by atoms with Crippen LogP contribution in [0.15, 0.2) is 49.2 Å². The number of anilines is 2. The summed E-state index contributed by atoms with van der Waals surface area (Å²) in [6, 6.07) is 5.35. The number of nitrogens with zero attached hydrogens (tertiary/aromatic N) is 7. The summed E-state index contributed by atoms with van der Waals surface area (Å²) in [5.74, 6) is -0.169. The lowest BCUT2D eigenvalue weighted by Gasteiger charge is -2.23. The van der Waals surface area contributed by atoms with E-state index in [1.54, 1.807) is 29.0 Å². The summed E-state index contributed by atoms with van der Waals surface area (Å²) in [5, 5.41) is 20.5. The molecule has 4 aromatic rings. The molecule has 0 aromatic carbocycles. The molecule has 2 atom stereocenters. The Hall–Kier alpha value is -4.26. The van der Waals surface area contributed by atoms with Gasteiger partial charge in [0.15, 0.2) is 5.65 Å².